The number of nitrogen functional groups attached to an aromatic ring is 1. The molecule has 0 saturated heterocycles. The monoisotopic (exact) mass is 288 g/mol. The largest absolute Gasteiger partial charge is 0.397 e. The molecule has 0 aliphatic heterocycles. The number of aliphatic hydroxyl groups is 1. The number of aryl methyl sites for hydroxylation is 1. The highest BCUT2D eigenvalue weighted by molar-refractivity contribution is 9.10. The van der Waals surface area contributed by atoms with Crippen LogP contribution in [0.1, 0.15) is 24.8 Å². The average Bonchev–Trinajstić information content (AvgIpc) is 2.28. The molecule has 16 heavy (non-hydrogen) atoms. The molecule has 0 unspecified atom stereocenters. The summed E-state index contributed by atoms with van der Waals surface area (Å²) < 4.78 is 2.15. The Morgan fingerprint density at radius 2 is 2.12 bits per heavy atom. The van der Waals surface area contributed by atoms with Gasteiger partial charge in [-0.25, -0.2) is 0 Å². The van der Waals surface area contributed by atoms with Gasteiger partial charge in [-0.2, -0.15) is 0 Å². The number of hydrogen-bond donors (Lipinski definition) is 2. The zero-order chi connectivity index (χ0) is 12.1. The highest BCUT2D eigenvalue weighted by atomic mass is 79.9. The van der Waals surface area contributed by atoms with Crippen LogP contribution >= 0.6 is 15.9 Å². The van der Waals surface area contributed by atoms with Gasteiger partial charge in [-0.05, 0) is 47.7 Å². The summed E-state index contributed by atoms with van der Waals surface area (Å²) in [7, 11) is 0. The Balaban J connectivity index is 2.78. The molecule has 3 N–H and O–H groups in total. The van der Waals surface area contributed by atoms with Gasteiger partial charge in [0.25, 0.3) is 5.56 Å². The summed E-state index contributed by atoms with van der Waals surface area (Å²) >= 11 is 3.25. The van der Waals surface area contributed by atoms with Crippen molar-refractivity contribution in [2.45, 2.75) is 32.7 Å². The van der Waals surface area contributed by atoms with Crippen molar-refractivity contribution in [3.63, 3.8) is 0 Å². The number of rotatable bonds is 5. The van der Waals surface area contributed by atoms with Crippen LogP contribution in [0.4, 0.5) is 5.69 Å². The number of hydrogen-bond acceptors (Lipinski definition) is 3. The number of nitrogens with zero attached hydrogens (tertiary/aromatic N) is 1. The molecule has 4 nitrogen and oxygen atoms in total. The van der Waals surface area contributed by atoms with Crippen LogP contribution in [0.25, 0.3) is 0 Å². The van der Waals surface area contributed by atoms with Gasteiger partial charge in [-0.1, -0.05) is 0 Å². The van der Waals surface area contributed by atoms with Gasteiger partial charge in [0.2, 0.25) is 0 Å². The number of unbranched alkanes of at least 4 members (excludes halogenated alkanes) is 2. The molecule has 0 atom stereocenters. The van der Waals surface area contributed by atoms with Gasteiger partial charge in [0.15, 0.2) is 0 Å². The van der Waals surface area contributed by atoms with E-state index in [-0.39, 0.29) is 12.2 Å². The van der Waals surface area contributed by atoms with Gasteiger partial charge in [0.05, 0.1) is 10.2 Å². The first kappa shape index (κ1) is 13.3. The third-order valence-electron chi connectivity index (χ3n) is 2.56. The van der Waals surface area contributed by atoms with Gasteiger partial charge < -0.3 is 15.4 Å². The van der Waals surface area contributed by atoms with Gasteiger partial charge in [-0.15, -0.1) is 0 Å². The van der Waals surface area contributed by atoms with Crippen LogP contribution in [0.15, 0.2) is 15.5 Å². The molecular weight excluding hydrogens is 272 g/mol. The summed E-state index contributed by atoms with van der Waals surface area (Å²) in [6.45, 7) is 2.66. The number of aromatic nitrogens is 1. The second-order valence-electron chi connectivity index (χ2n) is 3.81. The lowest BCUT2D eigenvalue weighted by Crippen LogP contribution is -2.22. The van der Waals surface area contributed by atoms with E-state index >= 15 is 0 Å². The molecule has 0 spiro atoms. The molecule has 0 amide bonds. The van der Waals surface area contributed by atoms with Crippen LogP contribution in [0, 0.1) is 6.92 Å². The molecule has 0 bridgehead atoms. The number of aliphatic hydroxyl groups excluding tert-OH is 1. The lowest BCUT2D eigenvalue weighted by molar-refractivity contribution is 0.281. The summed E-state index contributed by atoms with van der Waals surface area (Å²) in [6, 6.07) is 0. The van der Waals surface area contributed by atoms with Crippen LogP contribution in [-0.4, -0.2) is 16.3 Å². The van der Waals surface area contributed by atoms with Crippen LogP contribution in [-0.2, 0) is 6.54 Å². The molecule has 1 aromatic rings. The minimum absolute atomic E-state index is 0.0456. The van der Waals surface area contributed by atoms with Crippen LogP contribution in [0.5, 0.6) is 0 Å². The molecule has 0 radical (unpaired) electrons. The van der Waals surface area contributed by atoms with E-state index in [0.29, 0.717) is 16.7 Å². The second-order valence-corrected chi connectivity index (χ2v) is 4.60. The zero-order valence-corrected chi connectivity index (χ0v) is 11.0. The Morgan fingerprint density at radius 1 is 1.44 bits per heavy atom. The zero-order valence-electron chi connectivity index (χ0n) is 9.37. The average molecular weight is 289 g/mol. The summed E-state index contributed by atoms with van der Waals surface area (Å²) in [5.74, 6) is 0. The highest BCUT2D eigenvalue weighted by Gasteiger charge is 2.07. The smallest absolute Gasteiger partial charge is 0.265 e. The number of nitrogens with two attached hydrogens (primary N) is 1. The summed E-state index contributed by atoms with van der Waals surface area (Å²) in [4.78, 5) is 11.8. The van der Waals surface area contributed by atoms with Crippen molar-refractivity contribution < 1.29 is 5.11 Å². The van der Waals surface area contributed by atoms with Crippen molar-refractivity contribution in [2.75, 3.05) is 12.3 Å². The summed E-state index contributed by atoms with van der Waals surface area (Å²) in [5, 5.41) is 8.65. The predicted octanol–water partition coefficient (Wildman–Crippen LogP) is 1.66. The Hall–Kier alpha value is -0.810. The van der Waals surface area contributed by atoms with E-state index in [0.717, 1.165) is 24.8 Å². The minimum atomic E-state index is -0.0456. The van der Waals surface area contributed by atoms with E-state index in [1.165, 1.54) is 0 Å². The first-order chi connectivity index (χ1) is 7.57. The van der Waals surface area contributed by atoms with E-state index in [4.69, 9.17) is 10.8 Å². The Morgan fingerprint density at radius 3 is 2.75 bits per heavy atom. The molecule has 90 valence electrons. The van der Waals surface area contributed by atoms with Crippen molar-refractivity contribution >= 4 is 21.6 Å². The molecule has 1 aromatic heterocycles. The van der Waals surface area contributed by atoms with Gasteiger partial charge in [0.1, 0.15) is 0 Å². The molecule has 0 aliphatic rings. The number of anilines is 1. The lowest BCUT2D eigenvalue weighted by Gasteiger charge is -2.10. The van der Waals surface area contributed by atoms with Gasteiger partial charge in [-0.3, -0.25) is 4.79 Å². The molecule has 0 saturated carbocycles. The third kappa shape index (κ3) is 3.09. The first-order valence-corrected chi connectivity index (χ1v) is 6.13. The van der Waals surface area contributed by atoms with E-state index in [9.17, 15) is 4.79 Å². The van der Waals surface area contributed by atoms with Crippen molar-refractivity contribution in [1.29, 1.82) is 0 Å². The Bertz CT molecular complexity index is 415. The van der Waals surface area contributed by atoms with Crippen molar-refractivity contribution in [1.82, 2.24) is 4.57 Å². The maximum Gasteiger partial charge on any atom is 0.265 e. The van der Waals surface area contributed by atoms with Crippen molar-refractivity contribution in [3.8, 4) is 0 Å². The van der Waals surface area contributed by atoms with E-state index in [1.54, 1.807) is 10.8 Å². The Kier molecular flexibility index (Phi) is 5.02. The molecule has 0 fully saturated rings. The molecule has 1 rings (SSSR count). The van der Waals surface area contributed by atoms with Crippen molar-refractivity contribution in [2.24, 2.45) is 0 Å². The minimum Gasteiger partial charge on any atom is -0.397 e. The van der Waals surface area contributed by atoms with Crippen LogP contribution < -0.4 is 11.3 Å². The van der Waals surface area contributed by atoms with E-state index < -0.39 is 0 Å². The van der Waals surface area contributed by atoms with E-state index in [1.807, 2.05) is 6.92 Å². The maximum absolute atomic E-state index is 11.8. The topological polar surface area (TPSA) is 68.2 Å². The molecule has 0 aliphatic carbocycles. The van der Waals surface area contributed by atoms with E-state index in [2.05, 4.69) is 15.9 Å². The number of pyridine rings is 1. The SMILES string of the molecule is Cc1c(N)cn(CCCCCO)c(=O)c1Br. The predicted molar refractivity (Wildman–Crippen MR) is 68.5 cm³/mol. The highest BCUT2D eigenvalue weighted by Crippen LogP contribution is 2.17. The van der Waals surface area contributed by atoms with Gasteiger partial charge in [0, 0.05) is 19.3 Å². The quantitative estimate of drug-likeness (QED) is 0.810. The first-order valence-electron chi connectivity index (χ1n) is 5.33. The van der Waals surface area contributed by atoms with Crippen LogP contribution in [0.2, 0.25) is 0 Å². The van der Waals surface area contributed by atoms with Crippen LogP contribution in [0.3, 0.4) is 0 Å². The fraction of sp³-hybridized carbons (Fsp3) is 0.545. The van der Waals surface area contributed by atoms with Crippen molar-refractivity contribution in [3.05, 3.63) is 26.6 Å². The molecule has 1 heterocycles. The lowest BCUT2D eigenvalue weighted by atomic mass is 10.2. The summed E-state index contributed by atoms with van der Waals surface area (Å²) in [5.41, 5.74) is 7.15. The number of halogens is 1. The normalized spacial score (nSPS) is 10.7. The standard InChI is InChI=1S/C11H17BrN2O2/c1-8-9(13)7-14(11(16)10(8)12)5-3-2-4-6-15/h7,15H,2-6,13H2,1H3. The third-order valence-corrected chi connectivity index (χ3v) is 3.50. The molecular formula is C11H17BrN2O2. The molecule has 0 aromatic carbocycles. The van der Waals surface area contributed by atoms with Gasteiger partial charge >= 0.3 is 0 Å². The fourth-order valence-electron chi connectivity index (χ4n) is 1.47. The fourth-order valence-corrected chi connectivity index (χ4v) is 1.93. The summed E-state index contributed by atoms with van der Waals surface area (Å²) in [6.07, 6.45) is 4.24. The molecule has 5 heteroatoms. The second kappa shape index (κ2) is 6.06. The maximum atomic E-state index is 11.8. The Labute approximate surface area is 103 Å².